The van der Waals surface area contributed by atoms with Crippen molar-refractivity contribution in [3.8, 4) is 0 Å². The minimum absolute atomic E-state index is 0.190. The highest BCUT2D eigenvalue weighted by atomic mass is 14.9. The molecule has 2 heterocycles. The molecule has 0 aromatic carbocycles. The van der Waals surface area contributed by atoms with Crippen molar-refractivity contribution in [1.82, 2.24) is 15.3 Å². The molecule has 2 aromatic rings. The van der Waals surface area contributed by atoms with Gasteiger partial charge in [-0.05, 0) is 42.3 Å². The molecular weight excluding hydrogens is 210 g/mol. The number of pyridine rings is 2. The van der Waals surface area contributed by atoms with Crippen LogP contribution in [0.3, 0.4) is 0 Å². The summed E-state index contributed by atoms with van der Waals surface area (Å²) < 4.78 is 0. The Bertz CT molecular complexity index is 468. The molecule has 2 rings (SSSR count). The van der Waals surface area contributed by atoms with Crippen LogP contribution in [-0.2, 0) is 0 Å². The van der Waals surface area contributed by atoms with Crippen molar-refractivity contribution in [3.05, 3.63) is 59.7 Å². The molecule has 1 atom stereocenters. The molecule has 0 saturated carbocycles. The molecule has 0 aliphatic carbocycles. The lowest BCUT2D eigenvalue weighted by Gasteiger charge is -2.18. The summed E-state index contributed by atoms with van der Waals surface area (Å²) in [5, 5.41) is 3.47. The Balaban J connectivity index is 2.35. The first kappa shape index (κ1) is 11.7. The van der Waals surface area contributed by atoms with Crippen LogP contribution in [0.1, 0.15) is 29.7 Å². The van der Waals surface area contributed by atoms with Crippen molar-refractivity contribution in [1.29, 1.82) is 0 Å². The van der Waals surface area contributed by atoms with E-state index in [9.17, 15) is 0 Å². The highest BCUT2D eigenvalue weighted by Crippen LogP contribution is 2.21. The molecule has 17 heavy (non-hydrogen) atoms. The van der Waals surface area contributed by atoms with Crippen LogP contribution >= 0.6 is 0 Å². The number of rotatable bonds is 4. The van der Waals surface area contributed by atoms with Gasteiger partial charge in [-0.15, -0.1) is 0 Å². The van der Waals surface area contributed by atoms with Gasteiger partial charge in [-0.25, -0.2) is 0 Å². The van der Waals surface area contributed by atoms with Crippen molar-refractivity contribution in [2.45, 2.75) is 19.9 Å². The fourth-order valence-corrected chi connectivity index (χ4v) is 1.92. The van der Waals surface area contributed by atoms with Crippen LogP contribution in [0.25, 0.3) is 0 Å². The molecule has 1 unspecified atom stereocenters. The van der Waals surface area contributed by atoms with E-state index in [1.807, 2.05) is 36.9 Å². The molecule has 0 bridgehead atoms. The molecular formula is C14H17N3. The van der Waals surface area contributed by atoms with Gasteiger partial charge in [-0.2, -0.15) is 0 Å². The topological polar surface area (TPSA) is 37.8 Å². The van der Waals surface area contributed by atoms with E-state index in [-0.39, 0.29) is 6.04 Å². The average molecular weight is 227 g/mol. The maximum Gasteiger partial charge on any atom is 0.0593 e. The Morgan fingerprint density at radius 3 is 2.53 bits per heavy atom. The van der Waals surface area contributed by atoms with Crippen LogP contribution in [0.15, 0.2) is 43.0 Å². The summed E-state index contributed by atoms with van der Waals surface area (Å²) in [5.74, 6) is 0. The monoisotopic (exact) mass is 227 g/mol. The van der Waals surface area contributed by atoms with E-state index < -0.39 is 0 Å². The molecule has 3 nitrogen and oxygen atoms in total. The van der Waals surface area contributed by atoms with Gasteiger partial charge in [0.1, 0.15) is 0 Å². The largest absolute Gasteiger partial charge is 0.306 e. The summed E-state index contributed by atoms with van der Waals surface area (Å²) in [7, 11) is 0. The maximum absolute atomic E-state index is 4.26. The average Bonchev–Trinajstić information content (AvgIpc) is 2.37. The van der Waals surface area contributed by atoms with E-state index in [1.165, 1.54) is 16.7 Å². The summed E-state index contributed by atoms with van der Waals surface area (Å²) in [5.41, 5.74) is 3.59. The van der Waals surface area contributed by atoms with Crippen molar-refractivity contribution >= 4 is 0 Å². The van der Waals surface area contributed by atoms with Gasteiger partial charge in [0.2, 0.25) is 0 Å². The quantitative estimate of drug-likeness (QED) is 0.872. The van der Waals surface area contributed by atoms with E-state index in [4.69, 9.17) is 0 Å². The lowest BCUT2D eigenvalue weighted by Crippen LogP contribution is -2.22. The number of nitrogens with zero attached hydrogens (tertiary/aromatic N) is 2. The second-order valence-electron chi connectivity index (χ2n) is 4.07. The van der Waals surface area contributed by atoms with Crippen molar-refractivity contribution < 1.29 is 0 Å². The summed E-state index contributed by atoms with van der Waals surface area (Å²) >= 11 is 0. The lowest BCUT2D eigenvalue weighted by molar-refractivity contribution is 0.627. The van der Waals surface area contributed by atoms with Gasteiger partial charge in [0, 0.05) is 24.8 Å². The number of nitrogens with one attached hydrogen (secondary N) is 1. The predicted octanol–water partition coefficient (Wildman–Crippen LogP) is 2.48. The fraction of sp³-hybridized carbons (Fsp3) is 0.286. The predicted molar refractivity (Wildman–Crippen MR) is 68.7 cm³/mol. The molecule has 1 N–H and O–H groups in total. The number of aryl methyl sites for hydroxylation is 1. The summed E-state index contributed by atoms with van der Waals surface area (Å²) in [4.78, 5) is 8.31. The Kier molecular flexibility index (Phi) is 3.83. The molecule has 0 saturated heterocycles. The van der Waals surface area contributed by atoms with Crippen molar-refractivity contribution in [2.75, 3.05) is 6.54 Å². The standard InChI is InChI=1S/C14H17N3/c1-3-17-14(12-4-6-15-7-5-12)13-8-11(2)9-16-10-13/h4-10,14,17H,3H2,1-2H3. The highest BCUT2D eigenvalue weighted by Gasteiger charge is 2.12. The van der Waals surface area contributed by atoms with E-state index in [1.54, 1.807) is 0 Å². The number of hydrogen-bond acceptors (Lipinski definition) is 3. The molecule has 88 valence electrons. The third kappa shape index (κ3) is 2.88. The first-order chi connectivity index (χ1) is 8.31. The van der Waals surface area contributed by atoms with Crippen LogP contribution in [0.2, 0.25) is 0 Å². The Hall–Kier alpha value is -1.74. The Morgan fingerprint density at radius 2 is 1.88 bits per heavy atom. The van der Waals surface area contributed by atoms with Crippen molar-refractivity contribution in [3.63, 3.8) is 0 Å². The normalized spacial score (nSPS) is 12.4. The van der Waals surface area contributed by atoms with Crippen LogP contribution in [0.4, 0.5) is 0 Å². The van der Waals surface area contributed by atoms with Crippen LogP contribution in [-0.4, -0.2) is 16.5 Å². The zero-order chi connectivity index (χ0) is 12.1. The second kappa shape index (κ2) is 5.55. The van der Waals surface area contributed by atoms with Crippen molar-refractivity contribution in [2.24, 2.45) is 0 Å². The lowest BCUT2D eigenvalue weighted by atomic mass is 10.0. The van der Waals surface area contributed by atoms with Gasteiger partial charge >= 0.3 is 0 Å². The molecule has 0 amide bonds. The minimum atomic E-state index is 0.190. The first-order valence-corrected chi connectivity index (χ1v) is 5.86. The van der Waals surface area contributed by atoms with Crippen LogP contribution in [0, 0.1) is 6.92 Å². The van der Waals surface area contributed by atoms with Gasteiger partial charge in [0.25, 0.3) is 0 Å². The van der Waals surface area contributed by atoms with Crippen LogP contribution < -0.4 is 5.32 Å². The SMILES string of the molecule is CCNC(c1ccncc1)c1cncc(C)c1. The molecule has 3 heteroatoms. The molecule has 0 aliphatic rings. The maximum atomic E-state index is 4.26. The van der Waals surface area contributed by atoms with Gasteiger partial charge in [-0.3, -0.25) is 9.97 Å². The van der Waals surface area contributed by atoms with E-state index in [2.05, 4.69) is 35.2 Å². The molecule has 0 aliphatic heterocycles. The zero-order valence-corrected chi connectivity index (χ0v) is 10.2. The Morgan fingerprint density at radius 1 is 1.12 bits per heavy atom. The minimum Gasteiger partial charge on any atom is -0.306 e. The third-order valence-corrected chi connectivity index (χ3v) is 2.68. The van der Waals surface area contributed by atoms with E-state index in [0.717, 1.165) is 6.54 Å². The number of hydrogen-bond donors (Lipinski definition) is 1. The zero-order valence-electron chi connectivity index (χ0n) is 10.2. The number of aromatic nitrogens is 2. The van der Waals surface area contributed by atoms with Gasteiger partial charge in [0.15, 0.2) is 0 Å². The fourth-order valence-electron chi connectivity index (χ4n) is 1.92. The third-order valence-electron chi connectivity index (χ3n) is 2.68. The van der Waals surface area contributed by atoms with Crippen LogP contribution in [0.5, 0.6) is 0 Å². The molecule has 0 radical (unpaired) electrons. The highest BCUT2D eigenvalue weighted by molar-refractivity contribution is 5.30. The van der Waals surface area contributed by atoms with E-state index >= 15 is 0 Å². The summed E-state index contributed by atoms with van der Waals surface area (Å²) in [6, 6.07) is 6.43. The van der Waals surface area contributed by atoms with Gasteiger partial charge < -0.3 is 5.32 Å². The van der Waals surface area contributed by atoms with Gasteiger partial charge in [0.05, 0.1) is 6.04 Å². The van der Waals surface area contributed by atoms with E-state index in [0.29, 0.717) is 0 Å². The molecule has 2 aromatic heterocycles. The first-order valence-electron chi connectivity index (χ1n) is 5.86. The summed E-state index contributed by atoms with van der Waals surface area (Å²) in [6.45, 7) is 5.09. The molecule has 0 spiro atoms. The second-order valence-corrected chi connectivity index (χ2v) is 4.07. The van der Waals surface area contributed by atoms with Gasteiger partial charge in [-0.1, -0.05) is 13.0 Å². The molecule has 0 fully saturated rings. The smallest absolute Gasteiger partial charge is 0.0593 e. The Labute approximate surface area is 102 Å². The summed E-state index contributed by atoms with van der Waals surface area (Å²) in [6.07, 6.45) is 7.44.